The molecule has 0 saturated heterocycles. The zero-order valence-electron chi connectivity index (χ0n) is 15.0. The van der Waals surface area contributed by atoms with Crippen LogP contribution in [-0.2, 0) is 12.8 Å². The Morgan fingerprint density at radius 3 is 2.48 bits per heavy atom. The maximum absolute atomic E-state index is 14.8. The van der Waals surface area contributed by atoms with Crippen LogP contribution in [0.15, 0.2) is 36.4 Å². The molecule has 0 radical (unpaired) electrons. The molecule has 1 nitrogen and oxygen atoms in total. The van der Waals surface area contributed by atoms with Crippen molar-refractivity contribution >= 4 is 0 Å². The number of hydrogen-bond acceptors (Lipinski definition) is 1. The van der Waals surface area contributed by atoms with E-state index in [1.807, 2.05) is 6.07 Å². The summed E-state index contributed by atoms with van der Waals surface area (Å²) in [6, 6.07) is 8.85. The lowest BCUT2D eigenvalue weighted by Gasteiger charge is -2.25. The number of hydrogen-bond donors (Lipinski definition) is 0. The number of benzene rings is 2. The zero-order valence-corrected chi connectivity index (χ0v) is 15.0. The molecular weight excluding hydrogens is 356 g/mol. The van der Waals surface area contributed by atoms with Crippen LogP contribution in [0, 0.1) is 23.6 Å². The van der Waals surface area contributed by atoms with Crippen molar-refractivity contribution in [2.45, 2.75) is 45.4 Å². The number of rotatable bonds is 3. The van der Waals surface area contributed by atoms with Gasteiger partial charge in [0, 0.05) is 5.56 Å². The fourth-order valence-electron chi connectivity index (χ4n) is 3.51. The Bertz CT molecular complexity index is 857. The largest absolute Gasteiger partial charge is 0.573 e. The topological polar surface area (TPSA) is 9.23 Å². The van der Waals surface area contributed by atoms with Crippen LogP contribution in [0.2, 0.25) is 0 Å². The van der Waals surface area contributed by atoms with E-state index in [1.165, 1.54) is 24.3 Å². The number of alkyl halides is 3. The third-order valence-corrected chi connectivity index (χ3v) is 4.78. The SMILES string of the molecule is CCCC1CCc2c(ccc(C#Cc3ccc(OC(F)(F)F)cc3)c2F)C1. The molecule has 1 unspecified atom stereocenters. The first-order valence-electron chi connectivity index (χ1n) is 9.04. The van der Waals surface area contributed by atoms with Gasteiger partial charge in [0.2, 0.25) is 0 Å². The fraction of sp³-hybridized carbons (Fsp3) is 0.364. The second-order valence-electron chi connectivity index (χ2n) is 6.78. The highest BCUT2D eigenvalue weighted by Crippen LogP contribution is 2.31. The Morgan fingerprint density at radius 1 is 1.07 bits per heavy atom. The number of halogens is 4. The van der Waals surface area contributed by atoms with Gasteiger partial charge >= 0.3 is 6.36 Å². The molecule has 0 aromatic heterocycles. The predicted molar refractivity (Wildman–Crippen MR) is 95.9 cm³/mol. The first-order valence-corrected chi connectivity index (χ1v) is 9.04. The molecular formula is C22H20F4O. The molecule has 0 aliphatic heterocycles. The van der Waals surface area contributed by atoms with E-state index in [-0.39, 0.29) is 11.6 Å². The molecule has 0 fully saturated rings. The van der Waals surface area contributed by atoms with E-state index in [0.29, 0.717) is 17.0 Å². The minimum Gasteiger partial charge on any atom is -0.406 e. The monoisotopic (exact) mass is 376 g/mol. The van der Waals surface area contributed by atoms with E-state index < -0.39 is 6.36 Å². The lowest BCUT2D eigenvalue weighted by molar-refractivity contribution is -0.274. The van der Waals surface area contributed by atoms with E-state index in [4.69, 9.17) is 0 Å². The molecule has 0 N–H and O–H groups in total. The molecule has 0 bridgehead atoms. The van der Waals surface area contributed by atoms with Gasteiger partial charge in [0.15, 0.2) is 0 Å². The second-order valence-corrected chi connectivity index (χ2v) is 6.78. The van der Waals surface area contributed by atoms with E-state index >= 15 is 0 Å². The van der Waals surface area contributed by atoms with Crippen molar-refractivity contribution in [2.75, 3.05) is 0 Å². The van der Waals surface area contributed by atoms with Crippen molar-refractivity contribution in [3.8, 4) is 17.6 Å². The van der Waals surface area contributed by atoms with Crippen LogP contribution in [0.25, 0.3) is 0 Å². The lowest BCUT2D eigenvalue weighted by atomic mass is 9.81. The van der Waals surface area contributed by atoms with Crippen LogP contribution in [0.3, 0.4) is 0 Å². The van der Waals surface area contributed by atoms with E-state index in [0.717, 1.165) is 43.2 Å². The summed E-state index contributed by atoms with van der Waals surface area (Å²) in [5.41, 5.74) is 2.63. The Balaban J connectivity index is 1.76. The Morgan fingerprint density at radius 2 is 1.81 bits per heavy atom. The summed E-state index contributed by atoms with van der Waals surface area (Å²) in [5, 5.41) is 0. The first-order chi connectivity index (χ1) is 12.9. The number of fused-ring (bicyclic) bond motifs is 1. The molecule has 1 aliphatic rings. The van der Waals surface area contributed by atoms with E-state index in [1.54, 1.807) is 6.07 Å². The molecule has 0 saturated carbocycles. The van der Waals surface area contributed by atoms with Gasteiger partial charge < -0.3 is 4.74 Å². The van der Waals surface area contributed by atoms with Gasteiger partial charge in [-0.3, -0.25) is 0 Å². The molecule has 3 rings (SSSR count). The van der Waals surface area contributed by atoms with Crippen molar-refractivity contribution in [3.05, 3.63) is 64.5 Å². The maximum atomic E-state index is 14.8. The third-order valence-electron chi connectivity index (χ3n) is 4.78. The summed E-state index contributed by atoms with van der Waals surface area (Å²) in [5.74, 6) is 5.64. The summed E-state index contributed by atoms with van der Waals surface area (Å²) in [7, 11) is 0. The highest BCUT2D eigenvalue weighted by Gasteiger charge is 2.30. The van der Waals surface area contributed by atoms with Crippen molar-refractivity contribution < 1.29 is 22.3 Å². The van der Waals surface area contributed by atoms with Crippen molar-refractivity contribution in [1.82, 2.24) is 0 Å². The molecule has 0 heterocycles. The lowest BCUT2D eigenvalue weighted by Crippen LogP contribution is -2.16. The predicted octanol–water partition coefficient (Wildman–Crippen LogP) is 6.03. The van der Waals surface area contributed by atoms with Gasteiger partial charge in [-0.15, -0.1) is 13.2 Å². The molecule has 2 aromatic rings. The van der Waals surface area contributed by atoms with Crippen LogP contribution < -0.4 is 4.74 Å². The molecule has 5 heteroatoms. The average Bonchev–Trinajstić information content (AvgIpc) is 2.61. The van der Waals surface area contributed by atoms with Crippen molar-refractivity contribution in [1.29, 1.82) is 0 Å². The summed E-state index contributed by atoms with van der Waals surface area (Å²) in [4.78, 5) is 0. The van der Waals surface area contributed by atoms with Crippen LogP contribution >= 0.6 is 0 Å². The molecule has 1 aliphatic carbocycles. The Labute approximate surface area is 156 Å². The normalized spacial score (nSPS) is 16.3. The van der Waals surface area contributed by atoms with Gasteiger partial charge in [0.1, 0.15) is 11.6 Å². The molecule has 0 amide bonds. The maximum Gasteiger partial charge on any atom is 0.573 e. The minimum atomic E-state index is -4.73. The zero-order chi connectivity index (χ0) is 19.4. The van der Waals surface area contributed by atoms with Gasteiger partial charge in [0.25, 0.3) is 0 Å². The van der Waals surface area contributed by atoms with E-state index in [9.17, 15) is 17.6 Å². The van der Waals surface area contributed by atoms with Crippen LogP contribution in [-0.4, -0.2) is 6.36 Å². The van der Waals surface area contributed by atoms with Gasteiger partial charge in [-0.2, -0.15) is 0 Å². The van der Waals surface area contributed by atoms with E-state index in [2.05, 4.69) is 23.5 Å². The average molecular weight is 376 g/mol. The molecule has 2 aromatic carbocycles. The van der Waals surface area contributed by atoms with Crippen LogP contribution in [0.4, 0.5) is 17.6 Å². The Kier molecular flexibility index (Phi) is 5.74. The Hall–Kier alpha value is -2.48. The standard InChI is InChI=1S/C22H20F4O/c1-2-3-16-7-13-20-18(14-16)10-9-17(21(20)23)8-4-15-5-11-19(12-6-15)27-22(24,25)26/h5-6,9-12,16H,2-3,7,13-14H2,1H3. The highest BCUT2D eigenvalue weighted by molar-refractivity contribution is 5.48. The van der Waals surface area contributed by atoms with Crippen LogP contribution in [0.1, 0.15) is 48.4 Å². The quantitative estimate of drug-likeness (QED) is 0.469. The summed E-state index contributed by atoms with van der Waals surface area (Å²) in [6.45, 7) is 2.16. The third kappa shape index (κ3) is 5.03. The van der Waals surface area contributed by atoms with Crippen molar-refractivity contribution in [3.63, 3.8) is 0 Å². The van der Waals surface area contributed by atoms with Crippen LogP contribution in [0.5, 0.6) is 5.75 Å². The molecule has 0 spiro atoms. The molecule has 142 valence electrons. The smallest absolute Gasteiger partial charge is 0.406 e. The first kappa shape index (κ1) is 19.3. The minimum absolute atomic E-state index is 0.271. The summed E-state index contributed by atoms with van der Waals surface area (Å²) >= 11 is 0. The van der Waals surface area contributed by atoms with Crippen molar-refractivity contribution in [2.24, 2.45) is 5.92 Å². The fourth-order valence-corrected chi connectivity index (χ4v) is 3.51. The van der Waals surface area contributed by atoms with Gasteiger partial charge in [-0.05, 0) is 66.6 Å². The number of ether oxygens (including phenoxy) is 1. The van der Waals surface area contributed by atoms with Gasteiger partial charge in [-0.25, -0.2) is 4.39 Å². The highest BCUT2D eigenvalue weighted by atomic mass is 19.4. The molecule has 1 atom stereocenters. The summed E-state index contributed by atoms with van der Waals surface area (Å²) < 4.78 is 55.1. The van der Waals surface area contributed by atoms with Gasteiger partial charge in [-0.1, -0.05) is 37.7 Å². The molecule has 27 heavy (non-hydrogen) atoms. The second kappa shape index (κ2) is 8.04. The summed E-state index contributed by atoms with van der Waals surface area (Å²) in [6.07, 6.45) is 0.208. The van der Waals surface area contributed by atoms with Gasteiger partial charge in [0.05, 0.1) is 5.56 Å².